The lowest BCUT2D eigenvalue weighted by Crippen LogP contribution is -2.23. The van der Waals surface area contributed by atoms with E-state index in [9.17, 15) is 0 Å². The van der Waals surface area contributed by atoms with Gasteiger partial charge < -0.3 is 13.6 Å². The van der Waals surface area contributed by atoms with Gasteiger partial charge in [-0.2, -0.15) is 0 Å². The Hall–Kier alpha value is -2.94. The van der Waals surface area contributed by atoms with Gasteiger partial charge in [-0.15, -0.1) is 0 Å². The zero-order valence-corrected chi connectivity index (χ0v) is 15.8. The number of hydrogen-bond donors (Lipinski definition) is 0. The maximum absolute atomic E-state index is 6.26. The van der Waals surface area contributed by atoms with Crippen LogP contribution < -0.4 is 4.74 Å². The van der Waals surface area contributed by atoms with Gasteiger partial charge in [0.15, 0.2) is 0 Å². The summed E-state index contributed by atoms with van der Waals surface area (Å²) >= 11 is 0. The van der Waals surface area contributed by atoms with Crippen LogP contribution in [0, 0.1) is 6.92 Å². The fraction of sp³-hybridized carbons (Fsp3) is 0.250. The Morgan fingerprint density at radius 3 is 2.56 bits per heavy atom. The molecule has 2 aromatic heterocycles. The number of para-hydroxylation sites is 1. The number of hydrogen-bond acceptors (Lipinski definition) is 3. The molecule has 0 spiro atoms. The van der Waals surface area contributed by atoms with E-state index in [1.807, 2.05) is 31.2 Å². The molecule has 0 radical (unpaired) electrons. The van der Waals surface area contributed by atoms with E-state index >= 15 is 0 Å². The van der Waals surface area contributed by atoms with Crippen LogP contribution in [0.25, 0.3) is 22.3 Å². The van der Waals surface area contributed by atoms with Crippen molar-refractivity contribution in [3.05, 3.63) is 77.2 Å². The lowest BCUT2D eigenvalue weighted by molar-refractivity contribution is 0.413. The molecular weight excluding hydrogens is 336 g/mol. The van der Waals surface area contributed by atoms with Crippen LogP contribution in [0.1, 0.15) is 36.0 Å². The van der Waals surface area contributed by atoms with Crippen molar-refractivity contribution in [2.24, 2.45) is 0 Å². The summed E-state index contributed by atoms with van der Waals surface area (Å²) in [5.41, 5.74) is 4.39. The molecule has 1 atom stereocenters. The molecule has 1 aliphatic rings. The monoisotopic (exact) mass is 358 g/mol. The lowest BCUT2D eigenvalue weighted by atomic mass is 9.73. The first-order valence-electron chi connectivity index (χ1n) is 9.36. The van der Waals surface area contributed by atoms with E-state index in [-0.39, 0.29) is 5.41 Å². The SMILES string of the molecule is COc1ccc(C2(C)CCc3oc4ccccc4c3-c3oc(C)cc32)cc1. The molecule has 0 bridgehead atoms. The molecule has 4 aromatic rings. The molecule has 27 heavy (non-hydrogen) atoms. The summed E-state index contributed by atoms with van der Waals surface area (Å²) in [7, 11) is 1.70. The van der Waals surface area contributed by atoms with Crippen molar-refractivity contribution in [2.75, 3.05) is 7.11 Å². The first-order chi connectivity index (χ1) is 13.1. The van der Waals surface area contributed by atoms with Crippen molar-refractivity contribution in [3.63, 3.8) is 0 Å². The van der Waals surface area contributed by atoms with Gasteiger partial charge in [0.2, 0.25) is 0 Å². The van der Waals surface area contributed by atoms with Crippen LogP contribution in [0.15, 0.2) is 63.4 Å². The van der Waals surface area contributed by atoms with Gasteiger partial charge in [0.25, 0.3) is 0 Å². The predicted molar refractivity (Wildman–Crippen MR) is 106 cm³/mol. The number of furan rings is 2. The van der Waals surface area contributed by atoms with E-state index in [1.54, 1.807) is 7.11 Å². The molecule has 3 heteroatoms. The minimum Gasteiger partial charge on any atom is -0.497 e. The fourth-order valence-corrected chi connectivity index (χ4v) is 4.39. The first kappa shape index (κ1) is 16.2. The highest BCUT2D eigenvalue weighted by Crippen LogP contribution is 2.49. The van der Waals surface area contributed by atoms with E-state index in [0.29, 0.717) is 0 Å². The van der Waals surface area contributed by atoms with Crippen LogP contribution in [-0.4, -0.2) is 7.11 Å². The van der Waals surface area contributed by atoms with Gasteiger partial charge in [-0.05, 0) is 43.2 Å². The van der Waals surface area contributed by atoms with Gasteiger partial charge in [-0.1, -0.05) is 37.3 Å². The Kier molecular flexibility index (Phi) is 3.48. The molecule has 136 valence electrons. The van der Waals surface area contributed by atoms with E-state index in [2.05, 4.69) is 37.3 Å². The fourth-order valence-electron chi connectivity index (χ4n) is 4.39. The van der Waals surface area contributed by atoms with Crippen LogP contribution in [0.3, 0.4) is 0 Å². The number of rotatable bonds is 2. The Bertz CT molecular complexity index is 1130. The maximum atomic E-state index is 6.26. The standard InChI is InChI=1S/C24H22O3/c1-15-14-19-23(26-15)22-18-6-4-5-7-20(18)27-21(22)12-13-24(19,2)16-8-10-17(25-3)11-9-16/h4-11,14H,12-13H2,1-3H3. The zero-order valence-electron chi connectivity index (χ0n) is 15.8. The molecule has 0 aliphatic heterocycles. The van der Waals surface area contributed by atoms with Gasteiger partial charge in [-0.25, -0.2) is 0 Å². The van der Waals surface area contributed by atoms with Gasteiger partial charge in [0.05, 0.1) is 12.7 Å². The zero-order chi connectivity index (χ0) is 18.6. The third-order valence-electron chi connectivity index (χ3n) is 5.92. The second kappa shape index (κ2) is 5.78. The molecule has 1 aliphatic carbocycles. The lowest BCUT2D eigenvalue weighted by Gasteiger charge is -2.29. The van der Waals surface area contributed by atoms with E-state index in [0.717, 1.165) is 52.4 Å². The van der Waals surface area contributed by atoms with E-state index in [4.69, 9.17) is 13.6 Å². The average molecular weight is 358 g/mol. The minimum absolute atomic E-state index is 0.151. The van der Waals surface area contributed by atoms with Crippen LogP contribution in [0.2, 0.25) is 0 Å². The second-order valence-corrected chi connectivity index (χ2v) is 7.56. The molecule has 0 saturated heterocycles. The molecule has 0 saturated carbocycles. The predicted octanol–water partition coefficient (Wildman–Crippen LogP) is 6.26. The van der Waals surface area contributed by atoms with Gasteiger partial charge in [0.1, 0.15) is 28.6 Å². The summed E-state index contributed by atoms with van der Waals surface area (Å²) in [4.78, 5) is 0. The highest BCUT2D eigenvalue weighted by atomic mass is 16.5. The highest BCUT2D eigenvalue weighted by Gasteiger charge is 2.38. The number of benzene rings is 2. The molecule has 2 aromatic carbocycles. The van der Waals surface area contributed by atoms with Gasteiger partial charge >= 0.3 is 0 Å². The summed E-state index contributed by atoms with van der Waals surface area (Å²) < 4.78 is 17.8. The third-order valence-corrected chi connectivity index (χ3v) is 5.92. The average Bonchev–Trinajstić information content (AvgIpc) is 3.23. The molecule has 5 rings (SSSR count). The second-order valence-electron chi connectivity index (χ2n) is 7.56. The van der Waals surface area contributed by atoms with Gasteiger partial charge in [-0.3, -0.25) is 0 Å². The number of methoxy groups -OCH3 is 1. The van der Waals surface area contributed by atoms with Crippen LogP contribution in [-0.2, 0) is 11.8 Å². The largest absolute Gasteiger partial charge is 0.497 e. The molecule has 0 fully saturated rings. The number of ether oxygens (including phenoxy) is 1. The third kappa shape index (κ3) is 2.34. The molecular formula is C24H22O3. The van der Waals surface area contributed by atoms with Crippen LogP contribution in [0.5, 0.6) is 5.75 Å². The Morgan fingerprint density at radius 1 is 1.00 bits per heavy atom. The molecule has 2 heterocycles. The summed E-state index contributed by atoms with van der Waals surface area (Å²) in [5.74, 6) is 3.77. The van der Waals surface area contributed by atoms with Gasteiger partial charge in [0, 0.05) is 22.8 Å². The maximum Gasteiger partial charge on any atom is 0.142 e. The first-order valence-corrected chi connectivity index (χ1v) is 9.36. The number of fused-ring (bicyclic) bond motifs is 5. The van der Waals surface area contributed by atoms with E-state index in [1.165, 1.54) is 11.1 Å². The Morgan fingerprint density at radius 2 is 1.78 bits per heavy atom. The van der Waals surface area contributed by atoms with Crippen molar-refractivity contribution in [1.29, 1.82) is 0 Å². The summed E-state index contributed by atoms with van der Waals surface area (Å²) in [5, 5.41) is 1.13. The summed E-state index contributed by atoms with van der Waals surface area (Å²) in [6.45, 7) is 4.32. The van der Waals surface area contributed by atoms with Crippen molar-refractivity contribution < 1.29 is 13.6 Å². The van der Waals surface area contributed by atoms with Crippen molar-refractivity contribution in [3.8, 4) is 17.1 Å². The van der Waals surface area contributed by atoms with Crippen LogP contribution >= 0.6 is 0 Å². The minimum atomic E-state index is -0.151. The Labute approximate surface area is 158 Å². The van der Waals surface area contributed by atoms with Crippen LogP contribution in [0.4, 0.5) is 0 Å². The topological polar surface area (TPSA) is 35.5 Å². The normalized spacial score (nSPS) is 18.8. The molecule has 3 nitrogen and oxygen atoms in total. The molecule has 0 amide bonds. The van der Waals surface area contributed by atoms with Crippen molar-refractivity contribution in [2.45, 2.75) is 32.1 Å². The van der Waals surface area contributed by atoms with E-state index < -0.39 is 0 Å². The quantitative estimate of drug-likeness (QED) is 0.424. The van der Waals surface area contributed by atoms with Crippen molar-refractivity contribution in [1.82, 2.24) is 0 Å². The number of aryl methyl sites for hydroxylation is 2. The highest BCUT2D eigenvalue weighted by molar-refractivity contribution is 5.95. The molecule has 0 N–H and O–H groups in total. The summed E-state index contributed by atoms with van der Waals surface area (Å²) in [6, 6.07) is 18.8. The Balaban J connectivity index is 1.75. The summed E-state index contributed by atoms with van der Waals surface area (Å²) in [6.07, 6.45) is 1.83. The molecule has 1 unspecified atom stereocenters. The van der Waals surface area contributed by atoms with Crippen molar-refractivity contribution >= 4 is 11.0 Å². The smallest absolute Gasteiger partial charge is 0.142 e.